The maximum absolute atomic E-state index is 13.6. The second kappa shape index (κ2) is 10.4. The molecule has 30 heavy (non-hydrogen) atoms. The largest absolute Gasteiger partial charge is 0.417 e. The SMILES string of the molecule is CCCCCCC=Cc1ccc(Nc2nc(-c3cccnc3)cs2)cc1C(F)(F)F. The van der Waals surface area contributed by atoms with Crippen LogP contribution in [0.3, 0.4) is 0 Å². The molecule has 0 aliphatic heterocycles. The number of nitrogens with zero attached hydrogens (tertiary/aromatic N) is 2. The first-order valence-corrected chi connectivity index (χ1v) is 10.9. The van der Waals surface area contributed by atoms with Crippen molar-refractivity contribution in [3.63, 3.8) is 0 Å². The van der Waals surface area contributed by atoms with Gasteiger partial charge in [0, 0.05) is 29.0 Å². The lowest BCUT2D eigenvalue weighted by Crippen LogP contribution is -2.08. The maximum Gasteiger partial charge on any atom is 0.417 e. The van der Waals surface area contributed by atoms with Crippen LogP contribution in [0, 0.1) is 0 Å². The minimum absolute atomic E-state index is 0.179. The van der Waals surface area contributed by atoms with Crippen molar-refractivity contribution in [3.8, 4) is 11.3 Å². The van der Waals surface area contributed by atoms with Gasteiger partial charge in [-0.15, -0.1) is 11.3 Å². The van der Waals surface area contributed by atoms with Crippen LogP contribution in [0.15, 0.2) is 54.2 Å². The first-order valence-electron chi connectivity index (χ1n) is 9.98. The van der Waals surface area contributed by atoms with Crippen molar-refractivity contribution in [1.82, 2.24) is 9.97 Å². The highest BCUT2D eigenvalue weighted by molar-refractivity contribution is 7.14. The fourth-order valence-corrected chi connectivity index (χ4v) is 3.77. The molecule has 0 saturated heterocycles. The minimum atomic E-state index is -4.43. The van der Waals surface area contributed by atoms with E-state index in [1.807, 2.05) is 23.6 Å². The third-order valence-electron chi connectivity index (χ3n) is 4.59. The van der Waals surface area contributed by atoms with Crippen LogP contribution in [-0.2, 0) is 6.18 Å². The van der Waals surface area contributed by atoms with Crippen LogP contribution >= 0.6 is 11.3 Å². The Morgan fingerprint density at radius 2 is 2.00 bits per heavy atom. The van der Waals surface area contributed by atoms with Gasteiger partial charge in [-0.2, -0.15) is 13.2 Å². The number of allylic oxidation sites excluding steroid dienone is 1. The van der Waals surface area contributed by atoms with Crippen LogP contribution in [0.5, 0.6) is 0 Å². The van der Waals surface area contributed by atoms with Crippen LogP contribution in [0.1, 0.15) is 50.2 Å². The normalized spacial score (nSPS) is 11.9. The number of anilines is 2. The molecule has 7 heteroatoms. The average molecular weight is 432 g/mol. The van der Waals surface area contributed by atoms with Gasteiger partial charge in [0.25, 0.3) is 0 Å². The molecule has 0 saturated carbocycles. The molecule has 3 nitrogen and oxygen atoms in total. The van der Waals surface area contributed by atoms with E-state index in [0.29, 0.717) is 10.8 Å². The van der Waals surface area contributed by atoms with Crippen LogP contribution in [0.25, 0.3) is 17.3 Å². The summed E-state index contributed by atoms with van der Waals surface area (Å²) in [6, 6.07) is 7.99. The van der Waals surface area contributed by atoms with Crippen molar-refractivity contribution >= 4 is 28.2 Å². The van der Waals surface area contributed by atoms with Gasteiger partial charge in [-0.3, -0.25) is 4.98 Å². The number of aromatic nitrogens is 2. The number of benzene rings is 1. The molecule has 3 aromatic rings. The van der Waals surface area contributed by atoms with Gasteiger partial charge in [0.1, 0.15) is 0 Å². The number of thiazole rings is 1. The van der Waals surface area contributed by atoms with Gasteiger partial charge in [-0.05, 0) is 42.7 Å². The highest BCUT2D eigenvalue weighted by Gasteiger charge is 2.33. The lowest BCUT2D eigenvalue weighted by Gasteiger charge is -2.13. The molecule has 0 bridgehead atoms. The summed E-state index contributed by atoms with van der Waals surface area (Å²) >= 11 is 1.33. The van der Waals surface area contributed by atoms with Crippen molar-refractivity contribution in [2.45, 2.75) is 45.2 Å². The van der Waals surface area contributed by atoms with Crippen LogP contribution < -0.4 is 5.32 Å². The van der Waals surface area contributed by atoms with Crippen molar-refractivity contribution in [3.05, 3.63) is 65.3 Å². The third kappa shape index (κ3) is 6.16. The summed E-state index contributed by atoms with van der Waals surface area (Å²) < 4.78 is 40.8. The molecule has 3 rings (SSSR count). The molecule has 0 spiro atoms. The van der Waals surface area contributed by atoms with Crippen LogP contribution in [-0.4, -0.2) is 9.97 Å². The van der Waals surface area contributed by atoms with Crippen molar-refractivity contribution < 1.29 is 13.2 Å². The number of hydrogen-bond acceptors (Lipinski definition) is 4. The molecule has 0 unspecified atom stereocenters. The second-order valence-electron chi connectivity index (χ2n) is 6.96. The Kier molecular flexibility index (Phi) is 7.63. The quantitative estimate of drug-likeness (QED) is 0.349. The fraction of sp³-hybridized carbons (Fsp3) is 0.304. The first-order chi connectivity index (χ1) is 14.5. The Bertz CT molecular complexity index is 965. The minimum Gasteiger partial charge on any atom is -0.332 e. The highest BCUT2D eigenvalue weighted by atomic mass is 32.1. The van der Waals surface area contributed by atoms with Crippen molar-refractivity contribution in [1.29, 1.82) is 0 Å². The van der Waals surface area contributed by atoms with Crippen LogP contribution in [0.4, 0.5) is 24.0 Å². The van der Waals surface area contributed by atoms with Crippen LogP contribution in [0.2, 0.25) is 0 Å². The summed E-state index contributed by atoms with van der Waals surface area (Å²) in [5.74, 6) is 0. The maximum atomic E-state index is 13.6. The van der Waals surface area contributed by atoms with E-state index in [0.717, 1.165) is 49.4 Å². The summed E-state index contributed by atoms with van der Waals surface area (Å²) in [6.45, 7) is 2.13. The van der Waals surface area contributed by atoms with E-state index >= 15 is 0 Å². The second-order valence-corrected chi connectivity index (χ2v) is 7.81. The lowest BCUT2D eigenvalue weighted by molar-refractivity contribution is -0.137. The van der Waals surface area contributed by atoms with Gasteiger partial charge < -0.3 is 5.32 Å². The third-order valence-corrected chi connectivity index (χ3v) is 5.35. The molecule has 1 aromatic carbocycles. The number of hydrogen-bond donors (Lipinski definition) is 1. The van der Waals surface area contributed by atoms with Gasteiger partial charge in [-0.25, -0.2) is 4.98 Å². The summed E-state index contributed by atoms with van der Waals surface area (Å²) in [5, 5.41) is 5.36. The van der Waals surface area contributed by atoms with E-state index in [4.69, 9.17) is 0 Å². The number of halogens is 3. The average Bonchev–Trinajstić information content (AvgIpc) is 3.20. The zero-order valence-electron chi connectivity index (χ0n) is 16.7. The molecule has 2 aromatic heterocycles. The van der Waals surface area contributed by atoms with E-state index in [1.54, 1.807) is 24.5 Å². The van der Waals surface area contributed by atoms with Gasteiger partial charge in [0.2, 0.25) is 0 Å². The standard InChI is InChI=1S/C23H24F3N3S/c1-2-3-4-5-6-7-9-17-11-12-19(14-20(17)23(24,25)26)28-22-29-21(16-30-22)18-10-8-13-27-15-18/h7-16H,2-6H2,1H3,(H,28,29). The van der Waals surface area contributed by atoms with Gasteiger partial charge in [0.15, 0.2) is 5.13 Å². The Labute approximate surface area is 178 Å². The highest BCUT2D eigenvalue weighted by Crippen LogP contribution is 2.36. The molecule has 2 heterocycles. The van der Waals surface area contributed by atoms with E-state index in [2.05, 4.69) is 22.2 Å². The zero-order valence-corrected chi connectivity index (χ0v) is 17.6. The van der Waals surface area contributed by atoms with Gasteiger partial charge in [0.05, 0.1) is 11.3 Å². The molecule has 0 aliphatic carbocycles. The summed E-state index contributed by atoms with van der Waals surface area (Å²) in [7, 11) is 0. The van der Waals surface area contributed by atoms with E-state index < -0.39 is 11.7 Å². The Balaban J connectivity index is 1.73. The van der Waals surface area contributed by atoms with Gasteiger partial charge >= 0.3 is 6.18 Å². The number of nitrogens with one attached hydrogen (secondary N) is 1. The summed E-state index contributed by atoms with van der Waals surface area (Å²) in [4.78, 5) is 8.51. The zero-order chi connectivity index (χ0) is 21.4. The molecule has 158 valence electrons. The smallest absolute Gasteiger partial charge is 0.332 e. The first kappa shape index (κ1) is 22.0. The molecule has 0 radical (unpaired) electrons. The van der Waals surface area contributed by atoms with Crippen molar-refractivity contribution in [2.75, 3.05) is 5.32 Å². The number of alkyl halides is 3. The molecule has 0 aliphatic rings. The Morgan fingerprint density at radius 3 is 2.73 bits per heavy atom. The Morgan fingerprint density at radius 1 is 1.13 bits per heavy atom. The summed E-state index contributed by atoms with van der Waals surface area (Å²) in [5.41, 5.74) is 1.47. The number of rotatable bonds is 9. The van der Waals surface area contributed by atoms with Crippen molar-refractivity contribution in [2.24, 2.45) is 0 Å². The molecular weight excluding hydrogens is 407 g/mol. The fourth-order valence-electron chi connectivity index (χ4n) is 3.03. The van der Waals surface area contributed by atoms with E-state index in [9.17, 15) is 13.2 Å². The summed E-state index contributed by atoms with van der Waals surface area (Å²) in [6.07, 6.45) is 7.52. The monoisotopic (exact) mass is 431 g/mol. The molecule has 0 atom stereocenters. The Hall–Kier alpha value is -2.67. The topological polar surface area (TPSA) is 37.8 Å². The molecule has 1 N–H and O–H groups in total. The number of unbranched alkanes of at least 4 members (excludes halogenated alkanes) is 4. The van der Waals surface area contributed by atoms with Gasteiger partial charge in [-0.1, -0.05) is 44.4 Å². The predicted molar refractivity (Wildman–Crippen MR) is 118 cm³/mol. The number of pyridine rings is 1. The predicted octanol–water partition coefficient (Wildman–Crippen LogP) is 7.95. The molecule has 0 fully saturated rings. The lowest BCUT2D eigenvalue weighted by atomic mass is 10.0. The molecular formula is C23H24F3N3S. The van der Waals surface area contributed by atoms with E-state index in [-0.39, 0.29) is 5.56 Å². The van der Waals surface area contributed by atoms with E-state index in [1.165, 1.54) is 17.4 Å². The molecule has 0 amide bonds.